The number of carbonyl (C=O) groups is 3. The van der Waals surface area contributed by atoms with Crippen molar-refractivity contribution in [3.8, 4) is 17.2 Å². The number of carbonyl (C=O) groups excluding carboxylic acids is 3. The Kier molecular flexibility index (Phi) is 9.02. The third-order valence-corrected chi connectivity index (χ3v) is 7.95. The van der Waals surface area contributed by atoms with E-state index in [1.165, 1.54) is 6.08 Å². The Morgan fingerprint density at radius 2 is 1.51 bits per heavy atom. The predicted molar refractivity (Wildman–Crippen MR) is 182 cm³/mol. The second-order valence-corrected chi connectivity index (χ2v) is 11.2. The monoisotopic (exact) mass is 626 g/mol. The summed E-state index contributed by atoms with van der Waals surface area (Å²) in [5, 5.41) is 4.53. The molecule has 1 saturated heterocycles. The van der Waals surface area contributed by atoms with Gasteiger partial charge in [0.15, 0.2) is 11.5 Å². The Bertz CT molecular complexity index is 2000. The van der Waals surface area contributed by atoms with Crippen molar-refractivity contribution >= 4 is 40.4 Å². The second kappa shape index (κ2) is 13.6. The number of hydrogen-bond acceptors (Lipinski definition) is 6. The number of amides is 4. The van der Waals surface area contributed by atoms with Crippen molar-refractivity contribution in [2.75, 3.05) is 11.5 Å². The Morgan fingerprint density at radius 1 is 0.745 bits per heavy atom. The third-order valence-electron chi connectivity index (χ3n) is 7.95. The summed E-state index contributed by atoms with van der Waals surface area (Å²) in [4.78, 5) is 40.1. The van der Waals surface area contributed by atoms with Crippen molar-refractivity contribution in [1.82, 2.24) is 5.32 Å². The van der Waals surface area contributed by atoms with E-state index in [-0.39, 0.29) is 5.57 Å². The number of barbiturate groups is 1. The Morgan fingerprint density at radius 3 is 2.28 bits per heavy atom. The highest BCUT2D eigenvalue weighted by molar-refractivity contribution is 6.39. The topological polar surface area (TPSA) is 94.2 Å². The van der Waals surface area contributed by atoms with E-state index in [1.54, 1.807) is 42.5 Å². The lowest BCUT2D eigenvalue weighted by atomic mass is 10.0. The molecule has 0 atom stereocenters. The van der Waals surface area contributed by atoms with E-state index < -0.39 is 17.8 Å². The van der Waals surface area contributed by atoms with Crippen LogP contribution in [0.25, 0.3) is 16.8 Å². The van der Waals surface area contributed by atoms with Crippen molar-refractivity contribution < 1.29 is 28.6 Å². The van der Waals surface area contributed by atoms with E-state index in [9.17, 15) is 14.4 Å². The number of rotatable bonds is 10. The van der Waals surface area contributed by atoms with E-state index in [0.29, 0.717) is 48.3 Å². The number of aryl methyl sites for hydroxylation is 2. The van der Waals surface area contributed by atoms with Crippen molar-refractivity contribution in [3.05, 3.63) is 137 Å². The molecule has 6 rings (SSSR count). The number of nitrogens with one attached hydrogen (secondary N) is 1. The molecule has 236 valence electrons. The average Bonchev–Trinajstić information content (AvgIpc) is 3.07. The van der Waals surface area contributed by atoms with Gasteiger partial charge in [-0.25, -0.2) is 9.69 Å². The molecule has 0 spiro atoms. The first kappa shape index (κ1) is 31.1. The number of anilines is 1. The fourth-order valence-electron chi connectivity index (χ4n) is 5.39. The normalized spacial score (nSPS) is 14.0. The molecule has 5 aromatic rings. The largest absolute Gasteiger partial charge is 0.490 e. The Labute approximate surface area is 273 Å². The first-order valence-corrected chi connectivity index (χ1v) is 15.4. The molecular formula is C39H34N2O6. The minimum absolute atomic E-state index is 0.188. The minimum Gasteiger partial charge on any atom is -0.490 e. The molecule has 1 heterocycles. The molecule has 1 aliphatic rings. The molecule has 0 saturated carbocycles. The standard InChI is InChI=1S/C39H34N2O6/c1-4-45-36-22-28(14-20-35(36)47-24-34-26(3)11-15-29-7-5-6-8-32(29)34)21-33-37(42)40-39(44)41(38(33)43)30-16-18-31(19-17-30)46-23-27-12-9-25(2)10-13-27/h5-22H,4,23-24H2,1-3H3,(H,40,42,44)/b33-21+. The van der Waals surface area contributed by atoms with Crippen molar-refractivity contribution in [2.24, 2.45) is 0 Å². The zero-order chi connectivity index (χ0) is 32.9. The molecule has 1 aliphatic heterocycles. The summed E-state index contributed by atoms with van der Waals surface area (Å²) in [5.41, 5.74) is 5.03. The van der Waals surface area contributed by atoms with Crippen LogP contribution in [0.2, 0.25) is 0 Å². The van der Waals surface area contributed by atoms with Gasteiger partial charge in [0, 0.05) is 5.56 Å². The number of nitrogens with zero attached hydrogens (tertiary/aromatic N) is 1. The average molecular weight is 627 g/mol. The van der Waals surface area contributed by atoms with Crippen LogP contribution < -0.4 is 24.4 Å². The number of urea groups is 1. The fraction of sp³-hybridized carbons (Fsp3) is 0.154. The fourth-order valence-corrected chi connectivity index (χ4v) is 5.39. The first-order chi connectivity index (χ1) is 22.8. The number of ether oxygens (including phenoxy) is 3. The predicted octanol–water partition coefficient (Wildman–Crippen LogP) is 7.68. The summed E-state index contributed by atoms with van der Waals surface area (Å²) in [5.74, 6) is 0.0584. The molecule has 1 N–H and O–H groups in total. The smallest absolute Gasteiger partial charge is 0.335 e. The van der Waals surface area contributed by atoms with E-state index in [4.69, 9.17) is 14.2 Å². The van der Waals surface area contributed by atoms with Crippen LogP contribution in [0.15, 0.2) is 109 Å². The molecule has 0 bridgehead atoms. The maximum Gasteiger partial charge on any atom is 0.335 e. The molecular weight excluding hydrogens is 592 g/mol. The summed E-state index contributed by atoms with van der Waals surface area (Å²) < 4.78 is 18.0. The SMILES string of the molecule is CCOc1cc(/C=C2\C(=O)NC(=O)N(c3ccc(OCc4ccc(C)cc4)cc3)C2=O)ccc1OCc1c(C)ccc2ccccc12. The van der Waals surface area contributed by atoms with Crippen LogP contribution in [0.3, 0.4) is 0 Å². The third kappa shape index (κ3) is 6.87. The zero-order valence-corrected chi connectivity index (χ0v) is 26.4. The van der Waals surface area contributed by atoms with Crippen LogP contribution in [-0.4, -0.2) is 24.5 Å². The van der Waals surface area contributed by atoms with Crippen molar-refractivity contribution in [3.63, 3.8) is 0 Å². The van der Waals surface area contributed by atoms with Gasteiger partial charge in [-0.05, 0) is 90.7 Å². The van der Waals surface area contributed by atoms with Crippen molar-refractivity contribution in [1.29, 1.82) is 0 Å². The quantitative estimate of drug-likeness (QED) is 0.126. The molecule has 0 radical (unpaired) electrons. The maximum atomic E-state index is 13.5. The van der Waals surface area contributed by atoms with Crippen LogP contribution in [0.1, 0.15) is 34.7 Å². The number of fused-ring (bicyclic) bond motifs is 1. The van der Waals surface area contributed by atoms with Crippen LogP contribution in [0.4, 0.5) is 10.5 Å². The van der Waals surface area contributed by atoms with E-state index in [1.807, 2.05) is 50.2 Å². The van der Waals surface area contributed by atoms with Gasteiger partial charge in [-0.1, -0.05) is 72.3 Å². The maximum absolute atomic E-state index is 13.5. The van der Waals surface area contributed by atoms with Gasteiger partial charge in [-0.2, -0.15) is 0 Å². The summed E-state index contributed by atoms with van der Waals surface area (Å²) in [6.45, 7) is 7.04. The molecule has 4 amide bonds. The molecule has 5 aromatic carbocycles. The van der Waals surface area contributed by atoms with Crippen LogP contribution in [0.5, 0.6) is 17.2 Å². The highest BCUT2D eigenvalue weighted by Gasteiger charge is 2.36. The lowest BCUT2D eigenvalue weighted by Gasteiger charge is -2.26. The van der Waals surface area contributed by atoms with Gasteiger partial charge < -0.3 is 14.2 Å². The van der Waals surface area contributed by atoms with Gasteiger partial charge in [0.1, 0.15) is 24.5 Å². The molecule has 47 heavy (non-hydrogen) atoms. The van der Waals surface area contributed by atoms with E-state index >= 15 is 0 Å². The minimum atomic E-state index is -0.826. The highest BCUT2D eigenvalue weighted by atomic mass is 16.5. The molecule has 0 aliphatic carbocycles. The number of hydrogen-bond donors (Lipinski definition) is 1. The van der Waals surface area contributed by atoms with Gasteiger partial charge in [0.25, 0.3) is 11.8 Å². The van der Waals surface area contributed by atoms with Crippen LogP contribution in [-0.2, 0) is 22.8 Å². The molecule has 0 unspecified atom stereocenters. The van der Waals surface area contributed by atoms with Gasteiger partial charge in [0.2, 0.25) is 0 Å². The van der Waals surface area contributed by atoms with Gasteiger partial charge in [0.05, 0.1) is 12.3 Å². The summed E-state index contributed by atoms with van der Waals surface area (Å²) in [6, 6.07) is 31.3. The Balaban J connectivity index is 1.20. The van der Waals surface area contributed by atoms with E-state index in [0.717, 1.165) is 37.9 Å². The first-order valence-electron chi connectivity index (χ1n) is 15.4. The molecule has 8 nitrogen and oxygen atoms in total. The zero-order valence-electron chi connectivity index (χ0n) is 26.4. The lowest BCUT2D eigenvalue weighted by molar-refractivity contribution is -0.122. The summed E-state index contributed by atoms with van der Waals surface area (Å²) in [6.07, 6.45) is 1.44. The summed E-state index contributed by atoms with van der Waals surface area (Å²) in [7, 11) is 0. The number of imide groups is 2. The van der Waals surface area contributed by atoms with Gasteiger partial charge in [-0.3, -0.25) is 14.9 Å². The summed E-state index contributed by atoms with van der Waals surface area (Å²) >= 11 is 0. The van der Waals surface area contributed by atoms with Crippen LogP contribution in [0, 0.1) is 13.8 Å². The second-order valence-electron chi connectivity index (χ2n) is 11.2. The molecule has 1 fully saturated rings. The van der Waals surface area contributed by atoms with Crippen molar-refractivity contribution in [2.45, 2.75) is 34.0 Å². The highest BCUT2D eigenvalue weighted by Crippen LogP contribution is 2.32. The van der Waals surface area contributed by atoms with Gasteiger partial charge in [-0.15, -0.1) is 0 Å². The van der Waals surface area contributed by atoms with Crippen LogP contribution >= 0.6 is 0 Å². The number of benzene rings is 5. The van der Waals surface area contributed by atoms with E-state index in [2.05, 4.69) is 36.5 Å². The molecule has 0 aromatic heterocycles. The molecule has 8 heteroatoms. The van der Waals surface area contributed by atoms with Gasteiger partial charge >= 0.3 is 6.03 Å². The Hall–Kier alpha value is -5.89. The lowest BCUT2D eigenvalue weighted by Crippen LogP contribution is -2.54.